The molecule has 18 heavy (non-hydrogen) atoms. The lowest BCUT2D eigenvalue weighted by atomic mass is 10.2. The second kappa shape index (κ2) is 5.24. The Morgan fingerprint density at radius 2 is 2.11 bits per heavy atom. The van der Waals surface area contributed by atoms with Crippen molar-refractivity contribution in [2.24, 2.45) is 0 Å². The van der Waals surface area contributed by atoms with Crippen molar-refractivity contribution in [1.29, 1.82) is 0 Å². The Morgan fingerprint density at radius 3 is 2.78 bits per heavy atom. The Morgan fingerprint density at radius 1 is 1.44 bits per heavy atom. The fourth-order valence-corrected chi connectivity index (χ4v) is 2.62. The number of nitrogens with two attached hydrogens (primary N) is 1. The molecule has 2 rings (SSSR count). The van der Waals surface area contributed by atoms with Gasteiger partial charge in [-0.15, -0.1) is 0 Å². The molecule has 1 heterocycles. The highest BCUT2D eigenvalue weighted by Gasteiger charge is 2.31. The van der Waals surface area contributed by atoms with Crippen molar-refractivity contribution in [3.05, 3.63) is 22.2 Å². The topological polar surface area (TPSA) is 58.4 Å². The molecule has 0 aromatic heterocycles. The van der Waals surface area contributed by atoms with Gasteiger partial charge in [0.05, 0.1) is 21.4 Å². The van der Waals surface area contributed by atoms with E-state index in [4.69, 9.17) is 28.9 Å². The van der Waals surface area contributed by atoms with Gasteiger partial charge < -0.3 is 16.0 Å². The van der Waals surface area contributed by atoms with Gasteiger partial charge in [0.1, 0.15) is 6.04 Å². The van der Waals surface area contributed by atoms with Gasteiger partial charge in [-0.1, -0.05) is 23.2 Å². The van der Waals surface area contributed by atoms with Crippen LogP contribution < -0.4 is 16.0 Å². The average Bonchev–Trinajstić information content (AvgIpc) is 2.81. The van der Waals surface area contributed by atoms with Crippen LogP contribution >= 0.6 is 23.2 Å². The van der Waals surface area contributed by atoms with Gasteiger partial charge in [-0.25, -0.2) is 0 Å². The summed E-state index contributed by atoms with van der Waals surface area (Å²) in [5, 5.41) is 3.54. The molecular weight excluding hydrogens is 273 g/mol. The fraction of sp³-hybridized carbons (Fsp3) is 0.417. The van der Waals surface area contributed by atoms with Gasteiger partial charge in [0.25, 0.3) is 0 Å². The van der Waals surface area contributed by atoms with Gasteiger partial charge in [-0.2, -0.15) is 0 Å². The first-order valence-electron chi connectivity index (χ1n) is 5.77. The first kappa shape index (κ1) is 13.3. The number of anilines is 2. The number of hydrogen-bond acceptors (Lipinski definition) is 3. The van der Waals surface area contributed by atoms with Crippen molar-refractivity contribution in [3.8, 4) is 0 Å². The largest absolute Gasteiger partial charge is 0.397 e. The van der Waals surface area contributed by atoms with Gasteiger partial charge >= 0.3 is 0 Å². The van der Waals surface area contributed by atoms with E-state index in [-0.39, 0.29) is 11.9 Å². The zero-order valence-corrected chi connectivity index (χ0v) is 11.6. The third-order valence-electron chi connectivity index (χ3n) is 3.18. The molecule has 98 valence electrons. The minimum atomic E-state index is -0.186. The molecule has 1 atom stereocenters. The van der Waals surface area contributed by atoms with Crippen molar-refractivity contribution in [1.82, 2.24) is 5.32 Å². The lowest BCUT2D eigenvalue weighted by molar-refractivity contribution is -0.121. The molecule has 0 aliphatic carbocycles. The smallest absolute Gasteiger partial charge is 0.242 e. The molecule has 1 aliphatic rings. The van der Waals surface area contributed by atoms with Crippen LogP contribution in [0.3, 0.4) is 0 Å². The highest BCUT2D eigenvalue weighted by atomic mass is 35.5. The Kier molecular flexibility index (Phi) is 3.88. The molecule has 1 aromatic carbocycles. The molecule has 1 saturated heterocycles. The summed E-state index contributed by atoms with van der Waals surface area (Å²) in [4.78, 5) is 13.8. The van der Waals surface area contributed by atoms with Crippen LogP contribution in [0.5, 0.6) is 0 Å². The molecule has 1 amide bonds. The molecule has 3 N–H and O–H groups in total. The normalized spacial score (nSPS) is 19.1. The summed E-state index contributed by atoms with van der Waals surface area (Å²) in [7, 11) is 1.64. The summed E-state index contributed by atoms with van der Waals surface area (Å²) < 4.78 is 0. The molecule has 1 unspecified atom stereocenters. The van der Waals surface area contributed by atoms with E-state index < -0.39 is 0 Å². The summed E-state index contributed by atoms with van der Waals surface area (Å²) in [6.45, 7) is 0.792. The van der Waals surface area contributed by atoms with Crippen molar-refractivity contribution in [2.45, 2.75) is 18.9 Å². The predicted octanol–water partition coefficient (Wildman–Crippen LogP) is 2.29. The number of nitrogen functional groups attached to an aromatic ring is 1. The van der Waals surface area contributed by atoms with E-state index in [0.717, 1.165) is 25.1 Å². The summed E-state index contributed by atoms with van der Waals surface area (Å²) in [5.74, 6) is -0.00188. The number of likely N-dealkylation sites (N-methyl/N-ethyl adjacent to an activating group) is 1. The number of benzene rings is 1. The minimum absolute atomic E-state index is 0.00188. The summed E-state index contributed by atoms with van der Waals surface area (Å²) in [6.07, 6.45) is 1.77. The zero-order valence-electron chi connectivity index (χ0n) is 10.0. The molecule has 1 aliphatic heterocycles. The second-order valence-corrected chi connectivity index (χ2v) is 5.11. The lowest BCUT2D eigenvalue weighted by Crippen LogP contribution is -2.42. The molecule has 6 heteroatoms. The first-order chi connectivity index (χ1) is 8.54. The maximum absolute atomic E-state index is 11.8. The molecule has 1 aromatic rings. The number of nitrogens with zero attached hydrogens (tertiary/aromatic N) is 1. The van der Waals surface area contributed by atoms with E-state index in [1.165, 1.54) is 0 Å². The first-order valence-corrected chi connectivity index (χ1v) is 6.53. The number of hydrogen-bond donors (Lipinski definition) is 2. The van der Waals surface area contributed by atoms with E-state index in [2.05, 4.69) is 5.32 Å². The Bertz CT molecular complexity index is 479. The molecule has 0 spiro atoms. The monoisotopic (exact) mass is 287 g/mol. The van der Waals surface area contributed by atoms with Crippen LogP contribution in [-0.4, -0.2) is 25.5 Å². The highest BCUT2D eigenvalue weighted by Crippen LogP contribution is 2.36. The van der Waals surface area contributed by atoms with Crippen LogP contribution in [-0.2, 0) is 4.79 Å². The van der Waals surface area contributed by atoms with Crippen molar-refractivity contribution < 1.29 is 4.79 Å². The van der Waals surface area contributed by atoms with E-state index in [1.807, 2.05) is 4.90 Å². The number of amides is 1. The van der Waals surface area contributed by atoms with Crippen molar-refractivity contribution >= 4 is 40.5 Å². The van der Waals surface area contributed by atoms with Gasteiger partial charge in [-0.3, -0.25) is 4.79 Å². The minimum Gasteiger partial charge on any atom is -0.397 e. The standard InChI is InChI=1S/C12H15Cl2N3O/c1-16-12(18)10-3-2-4-17(10)11-6-8(14)7(13)5-9(11)15/h5-6,10H,2-4,15H2,1H3,(H,16,18). The third kappa shape index (κ3) is 2.35. The van der Waals surface area contributed by atoms with Crippen LogP contribution in [0, 0.1) is 0 Å². The van der Waals surface area contributed by atoms with Gasteiger partial charge in [0.2, 0.25) is 5.91 Å². The van der Waals surface area contributed by atoms with E-state index in [9.17, 15) is 4.79 Å². The average molecular weight is 288 g/mol. The number of nitrogens with one attached hydrogen (secondary N) is 1. The number of halogens is 2. The van der Waals surface area contributed by atoms with Crippen LogP contribution in [0.15, 0.2) is 12.1 Å². The Balaban J connectivity index is 2.36. The van der Waals surface area contributed by atoms with Gasteiger partial charge in [-0.05, 0) is 25.0 Å². The number of carbonyl (C=O) groups excluding carboxylic acids is 1. The van der Waals surface area contributed by atoms with Crippen LogP contribution in [0.25, 0.3) is 0 Å². The summed E-state index contributed by atoms with van der Waals surface area (Å²) in [5.41, 5.74) is 7.27. The van der Waals surface area contributed by atoms with E-state index in [1.54, 1.807) is 19.2 Å². The zero-order chi connectivity index (χ0) is 13.3. The quantitative estimate of drug-likeness (QED) is 0.821. The molecule has 0 bridgehead atoms. The van der Waals surface area contributed by atoms with Crippen LogP contribution in [0.1, 0.15) is 12.8 Å². The summed E-state index contributed by atoms with van der Waals surface area (Å²) >= 11 is 11.9. The lowest BCUT2D eigenvalue weighted by Gasteiger charge is -2.27. The SMILES string of the molecule is CNC(=O)C1CCCN1c1cc(Cl)c(Cl)cc1N. The van der Waals surface area contributed by atoms with Crippen LogP contribution in [0.2, 0.25) is 10.0 Å². The highest BCUT2D eigenvalue weighted by molar-refractivity contribution is 6.42. The molecule has 1 fully saturated rings. The van der Waals surface area contributed by atoms with Gasteiger partial charge in [0.15, 0.2) is 0 Å². The van der Waals surface area contributed by atoms with Crippen molar-refractivity contribution in [2.75, 3.05) is 24.2 Å². The fourth-order valence-electron chi connectivity index (χ4n) is 2.29. The van der Waals surface area contributed by atoms with Crippen molar-refractivity contribution in [3.63, 3.8) is 0 Å². The van der Waals surface area contributed by atoms with E-state index >= 15 is 0 Å². The Labute approximate surface area is 116 Å². The molecule has 4 nitrogen and oxygen atoms in total. The molecule has 0 saturated carbocycles. The summed E-state index contributed by atoms with van der Waals surface area (Å²) in [6, 6.07) is 3.16. The third-order valence-corrected chi connectivity index (χ3v) is 3.90. The van der Waals surface area contributed by atoms with Crippen LogP contribution in [0.4, 0.5) is 11.4 Å². The van der Waals surface area contributed by atoms with Gasteiger partial charge in [0, 0.05) is 13.6 Å². The Hall–Kier alpha value is -1.13. The second-order valence-electron chi connectivity index (χ2n) is 4.29. The molecule has 0 radical (unpaired) electrons. The maximum atomic E-state index is 11.8. The maximum Gasteiger partial charge on any atom is 0.242 e. The predicted molar refractivity (Wildman–Crippen MR) is 75.3 cm³/mol. The van der Waals surface area contributed by atoms with E-state index in [0.29, 0.717) is 15.7 Å². The number of carbonyl (C=O) groups is 1. The number of rotatable bonds is 2. The molecular formula is C12H15Cl2N3O.